The number of imide groups is 1. The molecule has 1 saturated heterocycles. The predicted octanol–water partition coefficient (Wildman–Crippen LogP) is 0.719. The monoisotopic (exact) mass is 314 g/mol. The van der Waals surface area contributed by atoms with Gasteiger partial charge in [-0.3, -0.25) is 14.5 Å². The first-order chi connectivity index (χ1) is 11.0. The van der Waals surface area contributed by atoms with E-state index in [-0.39, 0.29) is 18.4 Å². The number of nitrogens with zero attached hydrogens (tertiary/aromatic N) is 2. The number of aromatic amines is 1. The first-order valence-electron chi connectivity index (χ1n) is 7.34. The van der Waals surface area contributed by atoms with Crippen LogP contribution in [0.15, 0.2) is 30.5 Å². The molecule has 3 rings (SSSR count). The molecule has 0 aliphatic carbocycles. The van der Waals surface area contributed by atoms with Crippen LogP contribution in [0.3, 0.4) is 0 Å². The van der Waals surface area contributed by atoms with Crippen molar-refractivity contribution in [3.8, 4) is 0 Å². The third-order valence-electron chi connectivity index (χ3n) is 4.00. The second kappa shape index (κ2) is 5.75. The molecule has 1 aliphatic heterocycles. The van der Waals surface area contributed by atoms with E-state index in [2.05, 4.69) is 10.3 Å². The van der Waals surface area contributed by atoms with Gasteiger partial charge >= 0.3 is 6.03 Å². The second-order valence-electron chi connectivity index (χ2n) is 5.78. The van der Waals surface area contributed by atoms with Crippen molar-refractivity contribution in [2.45, 2.75) is 12.5 Å². The number of H-pyrrole nitrogens is 1. The predicted molar refractivity (Wildman–Crippen MR) is 84.7 cm³/mol. The van der Waals surface area contributed by atoms with Gasteiger partial charge in [0.05, 0.1) is 0 Å². The van der Waals surface area contributed by atoms with Gasteiger partial charge in [0, 0.05) is 37.6 Å². The lowest BCUT2D eigenvalue weighted by molar-refractivity contribution is -0.135. The molecule has 1 atom stereocenters. The number of urea groups is 1. The van der Waals surface area contributed by atoms with E-state index in [4.69, 9.17) is 0 Å². The van der Waals surface area contributed by atoms with Crippen LogP contribution in [-0.2, 0) is 16.0 Å². The summed E-state index contributed by atoms with van der Waals surface area (Å²) >= 11 is 0. The number of carbonyl (C=O) groups excluding carboxylic acids is 3. The third kappa shape index (κ3) is 2.77. The fourth-order valence-electron chi connectivity index (χ4n) is 2.66. The van der Waals surface area contributed by atoms with Crippen LogP contribution in [0.5, 0.6) is 0 Å². The standard InChI is InChI=1S/C16H18N4O3/c1-19(2)14(21)9-20-15(22)13(18-16(20)23)7-10-8-17-12-6-4-3-5-11(10)12/h3-6,8,13,17H,7,9H2,1-2H3,(H,18,23)/t13-/m1/s1. The molecule has 0 bridgehead atoms. The molecule has 4 amide bonds. The Hall–Kier alpha value is -2.83. The molecule has 0 spiro atoms. The third-order valence-corrected chi connectivity index (χ3v) is 4.00. The quantitative estimate of drug-likeness (QED) is 0.815. The van der Waals surface area contributed by atoms with Crippen molar-refractivity contribution < 1.29 is 14.4 Å². The maximum absolute atomic E-state index is 12.4. The van der Waals surface area contributed by atoms with Crippen LogP contribution in [0.2, 0.25) is 0 Å². The average Bonchev–Trinajstić information content (AvgIpc) is 3.04. The van der Waals surface area contributed by atoms with E-state index in [1.165, 1.54) is 4.90 Å². The van der Waals surface area contributed by atoms with Gasteiger partial charge < -0.3 is 15.2 Å². The van der Waals surface area contributed by atoms with Gasteiger partial charge in [0.15, 0.2) is 0 Å². The van der Waals surface area contributed by atoms with Crippen LogP contribution < -0.4 is 5.32 Å². The number of nitrogens with one attached hydrogen (secondary N) is 2. The molecule has 2 heterocycles. The molecule has 1 aliphatic rings. The van der Waals surface area contributed by atoms with E-state index in [1.807, 2.05) is 30.5 Å². The summed E-state index contributed by atoms with van der Waals surface area (Å²) in [7, 11) is 3.18. The van der Waals surface area contributed by atoms with Crippen molar-refractivity contribution in [3.05, 3.63) is 36.0 Å². The molecule has 23 heavy (non-hydrogen) atoms. The largest absolute Gasteiger partial charge is 0.361 e. The number of likely N-dealkylation sites (N-methyl/N-ethyl adjacent to an activating group) is 1. The summed E-state index contributed by atoms with van der Waals surface area (Å²) in [6, 6.07) is 6.62. The molecular weight excluding hydrogens is 296 g/mol. The Morgan fingerprint density at radius 2 is 2.00 bits per heavy atom. The molecule has 0 unspecified atom stereocenters. The van der Waals surface area contributed by atoms with Gasteiger partial charge in [0.25, 0.3) is 5.91 Å². The molecule has 1 fully saturated rings. The van der Waals surface area contributed by atoms with Gasteiger partial charge in [-0.2, -0.15) is 0 Å². The van der Waals surface area contributed by atoms with Gasteiger partial charge in [-0.25, -0.2) is 4.79 Å². The fourth-order valence-corrected chi connectivity index (χ4v) is 2.66. The molecule has 1 aromatic carbocycles. The van der Waals surface area contributed by atoms with Crippen LogP contribution in [0.4, 0.5) is 4.79 Å². The Kier molecular flexibility index (Phi) is 3.77. The maximum Gasteiger partial charge on any atom is 0.325 e. The number of carbonyl (C=O) groups is 3. The Bertz CT molecular complexity index is 780. The average molecular weight is 314 g/mol. The van der Waals surface area contributed by atoms with Crippen molar-refractivity contribution in [2.75, 3.05) is 20.6 Å². The van der Waals surface area contributed by atoms with E-state index < -0.39 is 12.1 Å². The maximum atomic E-state index is 12.4. The highest BCUT2D eigenvalue weighted by Crippen LogP contribution is 2.21. The van der Waals surface area contributed by atoms with Crippen LogP contribution in [0.25, 0.3) is 10.9 Å². The van der Waals surface area contributed by atoms with Gasteiger partial charge in [0.2, 0.25) is 5.91 Å². The van der Waals surface area contributed by atoms with Crippen molar-refractivity contribution in [3.63, 3.8) is 0 Å². The Morgan fingerprint density at radius 1 is 1.26 bits per heavy atom. The molecule has 1 aromatic heterocycles. The highest BCUT2D eigenvalue weighted by molar-refractivity contribution is 6.06. The molecule has 7 nitrogen and oxygen atoms in total. The molecule has 0 radical (unpaired) electrons. The van der Waals surface area contributed by atoms with Gasteiger partial charge in [-0.05, 0) is 11.6 Å². The lowest BCUT2D eigenvalue weighted by atomic mass is 10.1. The smallest absolute Gasteiger partial charge is 0.325 e. The number of aromatic nitrogens is 1. The Balaban J connectivity index is 1.76. The Morgan fingerprint density at radius 3 is 2.74 bits per heavy atom. The minimum absolute atomic E-state index is 0.234. The summed E-state index contributed by atoms with van der Waals surface area (Å²) in [5, 5.41) is 3.68. The molecule has 2 N–H and O–H groups in total. The minimum Gasteiger partial charge on any atom is -0.361 e. The minimum atomic E-state index is -0.642. The summed E-state index contributed by atoms with van der Waals surface area (Å²) in [4.78, 5) is 41.6. The van der Waals surface area contributed by atoms with Gasteiger partial charge in [0.1, 0.15) is 12.6 Å². The number of amides is 4. The summed E-state index contributed by atoms with van der Waals surface area (Å²) in [6.07, 6.45) is 2.24. The first-order valence-corrected chi connectivity index (χ1v) is 7.34. The molecule has 7 heteroatoms. The van der Waals surface area contributed by atoms with Gasteiger partial charge in [-0.1, -0.05) is 18.2 Å². The molecular formula is C16H18N4O3. The number of hydrogen-bond donors (Lipinski definition) is 2. The highest BCUT2D eigenvalue weighted by atomic mass is 16.2. The van der Waals surface area contributed by atoms with E-state index in [0.717, 1.165) is 21.4 Å². The fraction of sp³-hybridized carbons (Fsp3) is 0.312. The number of rotatable bonds is 4. The van der Waals surface area contributed by atoms with E-state index in [9.17, 15) is 14.4 Å². The van der Waals surface area contributed by atoms with Crippen molar-refractivity contribution >= 4 is 28.7 Å². The molecule has 2 aromatic rings. The second-order valence-corrected chi connectivity index (χ2v) is 5.78. The van der Waals surface area contributed by atoms with E-state index >= 15 is 0 Å². The van der Waals surface area contributed by atoms with Crippen LogP contribution in [0.1, 0.15) is 5.56 Å². The number of hydrogen-bond acceptors (Lipinski definition) is 3. The Labute approximate surface area is 133 Å². The van der Waals surface area contributed by atoms with Crippen molar-refractivity contribution in [2.24, 2.45) is 0 Å². The van der Waals surface area contributed by atoms with Crippen LogP contribution >= 0.6 is 0 Å². The zero-order valence-electron chi connectivity index (χ0n) is 13.0. The number of para-hydroxylation sites is 1. The topological polar surface area (TPSA) is 85.5 Å². The van der Waals surface area contributed by atoms with E-state index in [1.54, 1.807) is 14.1 Å². The van der Waals surface area contributed by atoms with Gasteiger partial charge in [-0.15, -0.1) is 0 Å². The molecule has 0 saturated carbocycles. The first kappa shape index (κ1) is 15.1. The summed E-state index contributed by atoms with van der Waals surface area (Å²) in [5.74, 6) is -0.656. The SMILES string of the molecule is CN(C)C(=O)CN1C(=O)N[C@H](Cc2c[nH]c3ccccc23)C1=O. The number of fused-ring (bicyclic) bond motifs is 1. The zero-order valence-corrected chi connectivity index (χ0v) is 13.0. The zero-order chi connectivity index (χ0) is 16.6. The van der Waals surface area contributed by atoms with Crippen LogP contribution in [0, 0.1) is 0 Å². The summed E-state index contributed by atoms with van der Waals surface area (Å²) < 4.78 is 0. The van der Waals surface area contributed by atoms with Crippen molar-refractivity contribution in [1.82, 2.24) is 20.1 Å². The highest BCUT2D eigenvalue weighted by Gasteiger charge is 2.39. The lowest BCUT2D eigenvalue weighted by Crippen LogP contribution is -2.40. The normalized spacial score (nSPS) is 17.7. The lowest BCUT2D eigenvalue weighted by Gasteiger charge is -2.16. The summed E-state index contributed by atoms with van der Waals surface area (Å²) in [5.41, 5.74) is 1.94. The molecule has 120 valence electrons. The van der Waals surface area contributed by atoms with E-state index in [0.29, 0.717) is 6.42 Å². The number of benzene rings is 1. The van der Waals surface area contributed by atoms with Crippen molar-refractivity contribution in [1.29, 1.82) is 0 Å². The van der Waals surface area contributed by atoms with Crippen LogP contribution in [-0.4, -0.2) is 59.3 Å². The summed E-state index contributed by atoms with van der Waals surface area (Å²) in [6.45, 7) is -0.234.